The maximum atomic E-state index is 13.5. The average molecular weight is 329 g/mol. The van der Waals surface area contributed by atoms with E-state index in [0.717, 1.165) is 25.6 Å². The summed E-state index contributed by atoms with van der Waals surface area (Å²) in [4.78, 5) is 13.2. The first-order valence-corrected chi connectivity index (χ1v) is 8.60. The number of amides is 1. The normalized spacial score (nSPS) is 18.4. The van der Waals surface area contributed by atoms with Crippen LogP contribution in [0.2, 0.25) is 0 Å². The Morgan fingerprint density at radius 1 is 1.45 bits per heavy atom. The van der Waals surface area contributed by atoms with E-state index in [4.69, 9.17) is 0 Å². The Hall–Kier alpha value is -1.51. The van der Waals surface area contributed by atoms with Crippen LogP contribution in [0.25, 0.3) is 0 Å². The lowest BCUT2D eigenvalue weighted by Crippen LogP contribution is -2.40. The van der Waals surface area contributed by atoms with Gasteiger partial charge >= 0.3 is 0 Å². The van der Waals surface area contributed by atoms with Crippen LogP contribution in [0, 0.1) is 5.82 Å². The van der Waals surface area contributed by atoms with Gasteiger partial charge in [0.05, 0.1) is 0 Å². The van der Waals surface area contributed by atoms with Gasteiger partial charge in [0.25, 0.3) is 0 Å². The highest BCUT2D eigenvalue weighted by Gasteiger charge is 2.23. The van der Waals surface area contributed by atoms with Crippen molar-refractivity contribution in [2.45, 2.75) is 23.8 Å². The third-order valence-corrected chi connectivity index (χ3v) is 5.23. The summed E-state index contributed by atoms with van der Waals surface area (Å²) in [6.45, 7) is 1.57. The predicted molar refractivity (Wildman–Crippen MR) is 80.3 cm³/mol. The van der Waals surface area contributed by atoms with Gasteiger partial charge in [0.2, 0.25) is 15.9 Å². The number of sulfonamides is 1. The van der Waals surface area contributed by atoms with Gasteiger partial charge < -0.3 is 10.2 Å². The van der Waals surface area contributed by atoms with Crippen LogP contribution in [0.15, 0.2) is 29.2 Å². The highest BCUT2D eigenvalue weighted by molar-refractivity contribution is 7.89. The molecule has 6 nitrogen and oxygen atoms in total. The van der Waals surface area contributed by atoms with Crippen molar-refractivity contribution in [2.24, 2.45) is 0 Å². The second-order valence-corrected chi connectivity index (χ2v) is 6.96. The second-order valence-electron chi connectivity index (χ2n) is 5.23. The Bertz CT molecular complexity index is 630. The molecule has 1 aromatic carbocycles. The molecule has 1 heterocycles. The van der Waals surface area contributed by atoms with E-state index in [-0.39, 0.29) is 24.9 Å². The van der Waals surface area contributed by atoms with E-state index in [9.17, 15) is 17.6 Å². The van der Waals surface area contributed by atoms with Crippen LogP contribution in [-0.2, 0) is 14.8 Å². The van der Waals surface area contributed by atoms with Crippen molar-refractivity contribution in [1.29, 1.82) is 0 Å². The maximum absolute atomic E-state index is 13.5. The predicted octanol–water partition coefficient (Wildman–Crippen LogP) is 0.314. The van der Waals surface area contributed by atoms with Crippen molar-refractivity contribution < 1.29 is 17.6 Å². The lowest BCUT2D eigenvalue weighted by Gasteiger charge is -2.23. The first-order valence-electron chi connectivity index (χ1n) is 7.12. The van der Waals surface area contributed by atoms with Gasteiger partial charge in [-0.3, -0.25) is 4.79 Å². The molecule has 0 saturated carbocycles. The number of nitrogens with zero attached hydrogens (tertiary/aromatic N) is 1. The quantitative estimate of drug-likeness (QED) is 0.788. The summed E-state index contributed by atoms with van der Waals surface area (Å²) in [5.41, 5.74) is 0. The Morgan fingerprint density at radius 2 is 2.18 bits per heavy atom. The van der Waals surface area contributed by atoms with Crippen LogP contribution in [0.1, 0.15) is 12.8 Å². The lowest BCUT2D eigenvalue weighted by molar-refractivity contribution is -0.131. The Labute approximate surface area is 129 Å². The van der Waals surface area contributed by atoms with E-state index < -0.39 is 20.7 Å². The van der Waals surface area contributed by atoms with E-state index in [1.807, 2.05) is 0 Å². The molecular formula is C14H20FN3O3S. The highest BCUT2D eigenvalue weighted by Crippen LogP contribution is 2.13. The van der Waals surface area contributed by atoms with E-state index in [1.165, 1.54) is 18.2 Å². The lowest BCUT2D eigenvalue weighted by atomic mass is 10.2. The highest BCUT2D eigenvalue weighted by atomic mass is 32.2. The SMILES string of the molecule is CN(C(=O)CCNS(=O)(=O)c1ccccc1F)C1CCNC1. The van der Waals surface area contributed by atoms with Gasteiger partial charge in [-0.15, -0.1) is 0 Å². The number of carbonyl (C=O) groups is 1. The molecule has 1 atom stereocenters. The summed E-state index contributed by atoms with van der Waals surface area (Å²) in [6, 6.07) is 5.29. The zero-order chi connectivity index (χ0) is 16.2. The average Bonchev–Trinajstić information content (AvgIpc) is 3.00. The summed E-state index contributed by atoms with van der Waals surface area (Å²) in [5, 5.41) is 3.17. The Kier molecular flexibility index (Phi) is 5.49. The minimum Gasteiger partial charge on any atom is -0.341 e. The molecule has 122 valence electrons. The molecule has 2 rings (SSSR count). The first kappa shape index (κ1) is 16.9. The number of carbonyl (C=O) groups excluding carboxylic acids is 1. The van der Waals surface area contributed by atoms with Crippen LogP contribution < -0.4 is 10.0 Å². The molecule has 1 aliphatic heterocycles. The van der Waals surface area contributed by atoms with Gasteiger partial charge in [-0.1, -0.05) is 12.1 Å². The first-order chi connectivity index (χ1) is 10.4. The van der Waals surface area contributed by atoms with Gasteiger partial charge in [0.1, 0.15) is 10.7 Å². The van der Waals surface area contributed by atoms with Crippen molar-refractivity contribution in [3.8, 4) is 0 Å². The second kappa shape index (κ2) is 7.17. The van der Waals surface area contributed by atoms with E-state index in [0.29, 0.717) is 0 Å². The van der Waals surface area contributed by atoms with Crippen molar-refractivity contribution in [3.63, 3.8) is 0 Å². The third kappa shape index (κ3) is 4.02. The number of hydrogen-bond acceptors (Lipinski definition) is 4. The van der Waals surface area contributed by atoms with Crippen molar-refractivity contribution in [2.75, 3.05) is 26.7 Å². The number of halogens is 1. The molecule has 1 saturated heterocycles. The van der Waals surface area contributed by atoms with E-state index >= 15 is 0 Å². The summed E-state index contributed by atoms with van der Waals surface area (Å²) in [7, 11) is -2.23. The number of likely N-dealkylation sites (N-methyl/N-ethyl adjacent to an activating group) is 1. The molecule has 0 radical (unpaired) electrons. The van der Waals surface area contributed by atoms with Crippen LogP contribution in [0.5, 0.6) is 0 Å². The smallest absolute Gasteiger partial charge is 0.243 e. The summed E-state index contributed by atoms with van der Waals surface area (Å²) >= 11 is 0. The molecule has 1 amide bonds. The topological polar surface area (TPSA) is 78.5 Å². The molecule has 0 aliphatic carbocycles. The van der Waals surface area contributed by atoms with E-state index in [2.05, 4.69) is 10.0 Å². The van der Waals surface area contributed by atoms with Gasteiger partial charge in [-0.25, -0.2) is 17.5 Å². The van der Waals surface area contributed by atoms with Gasteiger partial charge in [0.15, 0.2) is 0 Å². The molecule has 0 bridgehead atoms. The molecule has 8 heteroatoms. The molecule has 1 unspecified atom stereocenters. The van der Waals surface area contributed by atoms with Crippen LogP contribution in [0.4, 0.5) is 4.39 Å². The van der Waals surface area contributed by atoms with Crippen molar-refractivity contribution in [1.82, 2.24) is 14.9 Å². The van der Waals surface area contributed by atoms with Crippen LogP contribution >= 0.6 is 0 Å². The molecule has 0 spiro atoms. The minimum absolute atomic E-state index is 0.0423. The largest absolute Gasteiger partial charge is 0.341 e. The molecule has 0 aromatic heterocycles. The zero-order valence-electron chi connectivity index (χ0n) is 12.4. The third-order valence-electron chi connectivity index (χ3n) is 3.73. The number of nitrogens with one attached hydrogen (secondary N) is 2. The molecular weight excluding hydrogens is 309 g/mol. The zero-order valence-corrected chi connectivity index (χ0v) is 13.2. The summed E-state index contributed by atoms with van der Waals surface area (Å²) in [5.74, 6) is -0.944. The van der Waals surface area contributed by atoms with Crippen LogP contribution in [-0.4, -0.2) is 51.9 Å². The molecule has 2 N–H and O–H groups in total. The number of rotatable bonds is 6. The number of hydrogen-bond donors (Lipinski definition) is 2. The molecule has 1 aromatic rings. The van der Waals surface area contributed by atoms with Crippen LogP contribution in [0.3, 0.4) is 0 Å². The fourth-order valence-corrected chi connectivity index (χ4v) is 3.49. The standard InChI is InChI=1S/C14H20FN3O3S/c1-18(11-6-8-16-10-11)14(19)7-9-17-22(20,21)13-5-3-2-4-12(13)15/h2-5,11,16-17H,6-10H2,1H3. The maximum Gasteiger partial charge on any atom is 0.243 e. The van der Waals surface area contributed by atoms with E-state index in [1.54, 1.807) is 11.9 Å². The Balaban J connectivity index is 1.87. The van der Waals surface area contributed by atoms with Crippen molar-refractivity contribution >= 4 is 15.9 Å². The van der Waals surface area contributed by atoms with Gasteiger partial charge in [-0.05, 0) is 25.1 Å². The molecule has 1 fully saturated rings. The monoisotopic (exact) mass is 329 g/mol. The fourth-order valence-electron chi connectivity index (χ4n) is 2.38. The summed E-state index contributed by atoms with van der Waals surface area (Å²) < 4.78 is 39.7. The number of benzene rings is 1. The fraction of sp³-hybridized carbons (Fsp3) is 0.500. The minimum atomic E-state index is -3.94. The molecule has 1 aliphatic rings. The van der Waals surface area contributed by atoms with Gasteiger partial charge in [0, 0.05) is 32.6 Å². The molecule has 22 heavy (non-hydrogen) atoms. The Morgan fingerprint density at radius 3 is 2.82 bits per heavy atom. The summed E-state index contributed by atoms with van der Waals surface area (Å²) in [6.07, 6.45) is 0.934. The van der Waals surface area contributed by atoms with Gasteiger partial charge in [-0.2, -0.15) is 0 Å². The van der Waals surface area contributed by atoms with Crippen molar-refractivity contribution in [3.05, 3.63) is 30.1 Å².